The van der Waals surface area contributed by atoms with E-state index >= 15 is 0 Å². The fraction of sp³-hybridized carbons (Fsp3) is 0.429. The van der Waals surface area contributed by atoms with Crippen LogP contribution in [0.25, 0.3) is 11.5 Å². The second-order valence-electron chi connectivity index (χ2n) is 4.79. The molecule has 94 valence electrons. The summed E-state index contributed by atoms with van der Waals surface area (Å²) in [6.45, 7) is 2.97. The lowest BCUT2D eigenvalue weighted by Crippen LogP contribution is -2.19. The molecule has 1 N–H and O–H groups in total. The summed E-state index contributed by atoms with van der Waals surface area (Å²) in [5.41, 5.74) is 2.18. The van der Waals surface area contributed by atoms with Crippen LogP contribution in [0.3, 0.4) is 0 Å². The van der Waals surface area contributed by atoms with E-state index in [0.717, 1.165) is 30.1 Å². The van der Waals surface area contributed by atoms with E-state index in [0.29, 0.717) is 11.8 Å². The molecule has 1 aromatic heterocycles. The SMILES string of the molecule is Cc1ccccc1-c1nnc(CCNC2CC2)o1. The number of nitrogens with zero attached hydrogens (tertiary/aromatic N) is 2. The number of aromatic nitrogens is 2. The first kappa shape index (κ1) is 11.4. The maximum absolute atomic E-state index is 5.69. The Hall–Kier alpha value is -1.68. The fourth-order valence-electron chi connectivity index (χ4n) is 1.95. The van der Waals surface area contributed by atoms with E-state index in [2.05, 4.69) is 15.5 Å². The van der Waals surface area contributed by atoms with Gasteiger partial charge in [0.1, 0.15) is 0 Å². The molecule has 0 bridgehead atoms. The molecule has 1 aliphatic carbocycles. The van der Waals surface area contributed by atoms with Crippen LogP contribution >= 0.6 is 0 Å². The monoisotopic (exact) mass is 243 g/mol. The van der Waals surface area contributed by atoms with Crippen LogP contribution in [0.1, 0.15) is 24.3 Å². The summed E-state index contributed by atoms with van der Waals surface area (Å²) in [6, 6.07) is 8.78. The summed E-state index contributed by atoms with van der Waals surface area (Å²) in [5, 5.41) is 11.6. The summed E-state index contributed by atoms with van der Waals surface area (Å²) >= 11 is 0. The average Bonchev–Trinajstić information content (AvgIpc) is 3.08. The Morgan fingerprint density at radius 1 is 1.28 bits per heavy atom. The smallest absolute Gasteiger partial charge is 0.247 e. The van der Waals surface area contributed by atoms with E-state index in [1.165, 1.54) is 12.8 Å². The van der Waals surface area contributed by atoms with E-state index in [1.54, 1.807) is 0 Å². The van der Waals surface area contributed by atoms with Crippen LogP contribution in [0, 0.1) is 6.92 Å². The minimum Gasteiger partial charge on any atom is -0.421 e. The third-order valence-electron chi connectivity index (χ3n) is 3.19. The van der Waals surface area contributed by atoms with Gasteiger partial charge in [0.05, 0.1) is 0 Å². The van der Waals surface area contributed by atoms with Crippen molar-refractivity contribution in [1.29, 1.82) is 0 Å². The van der Waals surface area contributed by atoms with Crippen LogP contribution < -0.4 is 5.32 Å². The predicted octanol–water partition coefficient (Wildman–Crippen LogP) is 2.34. The zero-order valence-electron chi connectivity index (χ0n) is 10.5. The molecule has 1 saturated carbocycles. The van der Waals surface area contributed by atoms with Crippen molar-refractivity contribution >= 4 is 0 Å². The summed E-state index contributed by atoms with van der Waals surface area (Å²) in [7, 11) is 0. The second-order valence-corrected chi connectivity index (χ2v) is 4.79. The Morgan fingerprint density at radius 2 is 2.11 bits per heavy atom. The lowest BCUT2D eigenvalue weighted by atomic mass is 10.1. The highest BCUT2D eigenvalue weighted by atomic mass is 16.4. The topological polar surface area (TPSA) is 51.0 Å². The fourth-order valence-corrected chi connectivity index (χ4v) is 1.95. The molecule has 1 heterocycles. The van der Waals surface area contributed by atoms with E-state index < -0.39 is 0 Å². The van der Waals surface area contributed by atoms with Gasteiger partial charge in [0.2, 0.25) is 11.8 Å². The molecule has 18 heavy (non-hydrogen) atoms. The van der Waals surface area contributed by atoms with Gasteiger partial charge in [-0.2, -0.15) is 0 Å². The van der Waals surface area contributed by atoms with Gasteiger partial charge in [-0.15, -0.1) is 10.2 Å². The maximum atomic E-state index is 5.69. The molecule has 0 atom stereocenters. The van der Waals surface area contributed by atoms with E-state index in [-0.39, 0.29) is 0 Å². The molecule has 0 unspecified atom stereocenters. The van der Waals surface area contributed by atoms with Crippen molar-refractivity contribution in [2.45, 2.75) is 32.2 Å². The molecule has 0 spiro atoms. The highest BCUT2D eigenvalue weighted by Crippen LogP contribution is 2.22. The van der Waals surface area contributed by atoms with Crippen molar-refractivity contribution in [2.24, 2.45) is 0 Å². The zero-order chi connectivity index (χ0) is 12.4. The van der Waals surface area contributed by atoms with Gasteiger partial charge in [0, 0.05) is 24.6 Å². The quantitative estimate of drug-likeness (QED) is 0.875. The molecular weight excluding hydrogens is 226 g/mol. The molecule has 1 aromatic carbocycles. The van der Waals surface area contributed by atoms with Gasteiger partial charge in [0.25, 0.3) is 0 Å². The molecule has 0 radical (unpaired) electrons. The summed E-state index contributed by atoms with van der Waals surface area (Å²) in [6.07, 6.45) is 3.41. The number of hydrogen-bond donors (Lipinski definition) is 1. The molecule has 4 nitrogen and oxygen atoms in total. The summed E-state index contributed by atoms with van der Waals surface area (Å²) in [5.74, 6) is 1.33. The molecule has 0 saturated heterocycles. The Morgan fingerprint density at radius 3 is 2.89 bits per heavy atom. The van der Waals surface area contributed by atoms with Gasteiger partial charge >= 0.3 is 0 Å². The van der Waals surface area contributed by atoms with E-state index in [1.807, 2.05) is 31.2 Å². The standard InChI is InChI=1S/C14H17N3O/c1-10-4-2-3-5-12(10)14-17-16-13(18-14)8-9-15-11-6-7-11/h2-5,11,15H,6-9H2,1H3. The van der Waals surface area contributed by atoms with Gasteiger partial charge in [0.15, 0.2) is 0 Å². The molecule has 0 amide bonds. The van der Waals surface area contributed by atoms with Gasteiger partial charge in [-0.3, -0.25) is 0 Å². The van der Waals surface area contributed by atoms with Crippen molar-refractivity contribution in [3.8, 4) is 11.5 Å². The lowest BCUT2D eigenvalue weighted by Gasteiger charge is -1.99. The molecular formula is C14H17N3O. The molecule has 0 aliphatic heterocycles. The van der Waals surface area contributed by atoms with Crippen LogP contribution in [0.5, 0.6) is 0 Å². The number of nitrogens with one attached hydrogen (secondary N) is 1. The van der Waals surface area contributed by atoms with Crippen LogP contribution in [-0.2, 0) is 6.42 Å². The van der Waals surface area contributed by atoms with Gasteiger partial charge in [-0.05, 0) is 31.4 Å². The molecule has 4 heteroatoms. The predicted molar refractivity (Wildman–Crippen MR) is 69.2 cm³/mol. The molecule has 2 aromatic rings. The Labute approximate surface area is 106 Å². The summed E-state index contributed by atoms with van der Waals surface area (Å²) in [4.78, 5) is 0. The minimum atomic E-state index is 0.620. The Balaban J connectivity index is 1.66. The minimum absolute atomic E-state index is 0.620. The van der Waals surface area contributed by atoms with Gasteiger partial charge in [-0.1, -0.05) is 18.2 Å². The van der Waals surface area contributed by atoms with Crippen molar-refractivity contribution in [1.82, 2.24) is 15.5 Å². The van der Waals surface area contributed by atoms with E-state index in [9.17, 15) is 0 Å². The maximum Gasteiger partial charge on any atom is 0.247 e. The summed E-state index contributed by atoms with van der Waals surface area (Å²) < 4.78 is 5.69. The molecule has 1 fully saturated rings. The van der Waals surface area contributed by atoms with Crippen LogP contribution in [-0.4, -0.2) is 22.8 Å². The Bertz CT molecular complexity index is 531. The first-order chi connectivity index (χ1) is 8.83. The van der Waals surface area contributed by atoms with Gasteiger partial charge < -0.3 is 9.73 Å². The highest BCUT2D eigenvalue weighted by molar-refractivity contribution is 5.57. The third-order valence-corrected chi connectivity index (χ3v) is 3.19. The van der Waals surface area contributed by atoms with E-state index in [4.69, 9.17) is 4.42 Å². The normalized spacial score (nSPS) is 14.9. The van der Waals surface area contributed by atoms with Crippen molar-refractivity contribution in [3.63, 3.8) is 0 Å². The third kappa shape index (κ3) is 2.59. The lowest BCUT2D eigenvalue weighted by molar-refractivity contribution is 0.494. The zero-order valence-corrected chi connectivity index (χ0v) is 10.5. The van der Waals surface area contributed by atoms with Crippen LogP contribution in [0.15, 0.2) is 28.7 Å². The van der Waals surface area contributed by atoms with Crippen molar-refractivity contribution < 1.29 is 4.42 Å². The van der Waals surface area contributed by atoms with Crippen LogP contribution in [0.2, 0.25) is 0 Å². The number of rotatable bonds is 5. The number of hydrogen-bond acceptors (Lipinski definition) is 4. The van der Waals surface area contributed by atoms with Gasteiger partial charge in [-0.25, -0.2) is 0 Å². The van der Waals surface area contributed by atoms with Crippen molar-refractivity contribution in [2.75, 3.05) is 6.54 Å². The molecule has 1 aliphatic rings. The first-order valence-corrected chi connectivity index (χ1v) is 6.45. The number of benzene rings is 1. The first-order valence-electron chi connectivity index (χ1n) is 6.45. The highest BCUT2D eigenvalue weighted by Gasteiger charge is 2.20. The average molecular weight is 243 g/mol. The number of aryl methyl sites for hydroxylation is 1. The second kappa shape index (κ2) is 4.90. The molecule has 3 rings (SSSR count). The van der Waals surface area contributed by atoms with Crippen LogP contribution in [0.4, 0.5) is 0 Å². The Kier molecular flexibility index (Phi) is 3.11. The largest absolute Gasteiger partial charge is 0.421 e. The van der Waals surface area contributed by atoms with Crippen molar-refractivity contribution in [3.05, 3.63) is 35.7 Å².